The molecule has 5 nitrogen and oxygen atoms in total. The number of amides is 2. The molecule has 5 heteroatoms. The molecule has 0 saturated carbocycles. The molecule has 2 saturated heterocycles. The van der Waals surface area contributed by atoms with E-state index in [4.69, 9.17) is 0 Å². The van der Waals surface area contributed by atoms with Crippen LogP contribution in [-0.4, -0.2) is 39.4 Å². The monoisotopic (exact) mass is 377 g/mol. The van der Waals surface area contributed by atoms with Gasteiger partial charge in [-0.25, -0.2) is 0 Å². The minimum absolute atomic E-state index is 0.00672. The number of aromatic nitrogens is 1. The Labute approximate surface area is 165 Å². The zero-order valence-electron chi connectivity index (χ0n) is 16.1. The van der Waals surface area contributed by atoms with Gasteiger partial charge in [0.1, 0.15) is 0 Å². The molecule has 1 aromatic carbocycles. The number of carbonyl (C=O) groups excluding carboxylic acids is 2. The number of hydrogen-bond acceptors (Lipinski definition) is 2. The van der Waals surface area contributed by atoms with Crippen LogP contribution in [0.4, 0.5) is 0 Å². The standard InChI is InChI=1S/C23H27N3O2/c27-22(4-3-13-25-11-1-2-12-25)26-19-9-10-21(26)20(15-19)24-23(28)18-8-6-16-5-7-17(16)14-18/h1-2,6,8,11-12,14,19-21H,3-5,7,9-10,13,15H2,(H,24,28)/t19-,20+,21+/m1/s1. The van der Waals surface area contributed by atoms with E-state index in [-0.39, 0.29) is 23.9 Å². The highest BCUT2D eigenvalue weighted by molar-refractivity contribution is 5.95. The van der Waals surface area contributed by atoms with E-state index in [1.807, 2.05) is 36.7 Å². The van der Waals surface area contributed by atoms with Crippen molar-refractivity contribution < 1.29 is 9.59 Å². The van der Waals surface area contributed by atoms with Gasteiger partial charge in [0.25, 0.3) is 5.91 Å². The molecule has 146 valence electrons. The van der Waals surface area contributed by atoms with E-state index in [0.29, 0.717) is 12.5 Å². The lowest BCUT2D eigenvalue weighted by molar-refractivity contribution is -0.132. The summed E-state index contributed by atoms with van der Waals surface area (Å²) < 4.78 is 2.11. The van der Waals surface area contributed by atoms with Crippen LogP contribution in [0.2, 0.25) is 0 Å². The van der Waals surface area contributed by atoms with E-state index >= 15 is 0 Å². The average Bonchev–Trinajstić information content (AvgIpc) is 3.38. The van der Waals surface area contributed by atoms with Crippen molar-refractivity contribution in [3.8, 4) is 0 Å². The molecule has 2 bridgehead atoms. The van der Waals surface area contributed by atoms with Gasteiger partial charge in [-0.1, -0.05) is 6.07 Å². The largest absolute Gasteiger partial charge is 0.354 e. The van der Waals surface area contributed by atoms with E-state index in [1.165, 1.54) is 11.1 Å². The summed E-state index contributed by atoms with van der Waals surface area (Å²) >= 11 is 0. The summed E-state index contributed by atoms with van der Waals surface area (Å²) in [5.41, 5.74) is 3.43. The van der Waals surface area contributed by atoms with Crippen LogP contribution in [0.3, 0.4) is 0 Å². The second-order valence-electron chi connectivity index (χ2n) is 8.42. The predicted octanol–water partition coefficient (Wildman–Crippen LogP) is 2.93. The third-order valence-electron chi connectivity index (χ3n) is 6.75. The van der Waals surface area contributed by atoms with Gasteiger partial charge in [0.2, 0.25) is 5.91 Å². The maximum atomic E-state index is 12.8. The first kappa shape index (κ1) is 17.5. The highest BCUT2D eigenvalue weighted by Crippen LogP contribution is 2.38. The number of hydrogen-bond donors (Lipinski definition) is 1. The zero-order valence-corrected chi connectivity index (χ0v) is 16.1. The Kier molecular flexibility index (Phi) is 4.46. The first-order chi connectivity index (χ1) is 13.7. The molecule has 2 aromatic rings. The molecular weight excluding hydrogens is 350 g/mol. The second kappa shape index (κ2) is 7.12. The van der Waals surface area contributed by atoms with E-state index < -0.39 is 0 Å². The predicted molar refractivity (Wildman–Crippen MR) is 107 cm³/mol. The molecule has 3 heterocycles. The molecular formula is C23H27N3O2. The van der Waals surface area contributed by atoms with Crippen LogP contribution < -0.4 is 5.32 Å². The fourth-order valence-electron chi connectivity index (χ4n) is 5.18. The minimum Gasteiger partial charge on any atom is -0.354 e. The third-order valence-corrected chi connectivity index (χ3v) is 6.75. The fraction of sp³-hybridized carbons (Fsp3) is 0.478. The Morgan fingerprint density at radius 3 is 2.64 bits per heavy atom. The maximum Gasteiger partial charge on any atom is 0.251 e. The summed E-state index contributed by atoms with van der Waals surface area (Å²) in [4.78, 5) is 27.6. The van der Waals surface area contributed by atoms with Gasteiger partial charge >= 0.3 is 0 Å². The Morgan fingerprint density at radius 2 is 1.89 bits per heavy atom. The summed E-state index contributed by atoms with van der Waals surface area (Å²) in [6, 6.07) is 10.6. The summed E-state index contributed by atoms with van der Waals surface area (Å²) in [5.74, 6) is 0.254. The lowest BCUT2D eigenvalue weighted by atomic mass is 9.87. The molecule has 2 amide bonds. The van der Waals surface area contributed by atoms with Gasteiger partial charge < -0.3 is 14.8 Å². The summed E-state index contributed by atoms with van der Waals surface area (Å²) in [6.07, 6.45) is 10.7. The average molecular weight is 377 g/mol. The normalized spacial score (nSPS) is 24.7. The van der Waals surface area contributed by atoms with Crippen LogP contribution in [0.15, 0.2) is 42.7 Å². The molecule has 0 unspecified atom stereocenters. The number of carbonyl (C=O) groups is 2. The van der Waals surface area contributed by atoms with E-state index in [0.717, 1.165) is 50.6 Å². The Morgan fingerprint density at radius 1 is 1.07 bits per heavy atom. The first-order valence-corrected chi connectivity index (χ1v) is 10.5. The van der Waals surface area contributed by atoms with Crippen LogP contribution in [0.25, 0.3) is 0 Å². The van der Waals surface area contributed by atoms with Gasteiger partial charge in [0.15, 0.2) is 0 Å². The number of nitrogens with zero attached hydrogens (tertiary/aromatic N) is 2. The smallest absolute Gasteiger partial charge is 0.251 e. The van der Waals surface area contributed by atoms with Crippen molar-refractivity contribution in [3.05, 3.63) is 59.4 Å². The summed E-state index contributed by atoms with van der Waals surface area (Å²) in [7, 11) is 0. The van der Waals surface area contributed by atoms with Crippen molar-refractivity contribution >= 4 is 11.8 Å². The fourth-order valence-corrected chi connectivity index (χ4v) is 5.18. The number of fused-ring (bicyclic) bond motifs is 3. The quantitative estimate of drug-likeness (QED) is 0.842. The van der Waals surface area contributed by atoms with Gasteiger partial charge in [0, 0.05) is 37.0 Å². The molecule has 2 aliphatic heterocycles. The molecule has 1 N–H and O–H groups in total. The minimum atomic E-state index is 0.00672. The number of benzene rings is 1. The highest BCUT2D eigenvalue weighted by atomic mass is 16.2. The molecule has 3 atom stereocenters. The van der Waals surface area contributed by atoms with Crippen LogP contribution >= 0.6 is 0 Å². The summed E-state index contributed by atoms with van der Waals surface area (Å²) in [6.45, 7) is 0.875. The first-order valence-electron chi connectivity index (χ1n) is 10.5. The van der Waals surface area contributed by atoms with E-state index in [9.17, 15) is 9.59 Å². The lowest BCUT2D eigenvalue weighted by Gasteiger charge is -2.25. The van der Waals surface area contributed by atoms with E-state index in [1.54, 1.807) is 0 Å². The van der Waals surface area contributed by atoms with Crippen molar-refractivity contribution in [1.29, 1.82) is 0 Å². The molecule has 28 heavy (non-hydrogen) atoms. The van der Waals surface area contributed by atoms with Gasteiger partial charge in [-0.05, 0) is 73.9 Å². The number of rotatable bonds is 6. The maximum absolute atomic E-state index is 12.8. The molecule has 5 rings (SSSR count). The van der Waals surface area contributed by atoms with Crippen LogP contribution in [-0.2, 0) is 24.2 Å². The molecule has 2 fully saturated rings. The van der Waals surface area contributed by atoms with Crippen LogP contribution in [0, 0.1) is 0 Å². The summed E-state index contributed by atoms with van der Waals surface area (Å²) in [5, 5.41) is 3.22. The van der Waals surface area contributed by atoms with Crippen LogP contribution in [0.1, 0.15) is 53.6 Å². The number of nitrogens with one attached hydrogen (secondary N) is 1. The van der Waals surface area contributed by atoms with Gasteiger partial charge in [0.05, 0.1) is 12.1 Å². The molecule has 1 aliphatic carbocycles. The number of aryl methyl sites for hydroxylation is 3. The molecule has 0 radical (unpaired) electrons. The zero-order chi connectivity index (χ0) is 19.1. The van der Waals surface area contributed by atoms with Gasteiger partial charge in [-0.2, -0.15) is 0 Å². The third kappa shape index (κ3) is 3.13. The molecule has 0 spiro atoms. The van der Waals surface area contributed by atoms with E-state index in [2.05, 4.69) is 20.9 Å². The lowest BCUT2D eigenvalue weighted by Crippen LogP contribution is -2.45. The van der Waals surface area contributed by atoms with Gasteiger partial charge in [-0.3, -0.25) is 9.59 Å². The van der Waals surface area contributed by atoms with Crippen LogP contribution in [0.5, 0.6) is 0 Å². The van der Waals surface area contributed by atoms with Crippen molar-refractivity contribution in [2.45, 2.75) is 69.6 Å². The van der Waals surface area contributed by atoms with Gasteiger partial charge in [-0.15, -0.1) is 0 Å². The molecule has 1 aromatic heterocycles. The topological polar surface area (TPSA) is 54.3 Å². The SMILES string of the molecule is O=C(N[C@H]1C[C@H]2CC[C@@H]1N2C(=O)CCCn1cccc1)c1ccc2c(c1)CC2. The molecule has 3 aliphatic rings. The highest BCUT2D eigenvalue weighted by Gasteiger charge is 2.48. The second-order valence-corrected chi connectivity index (χ2v) is 8.42. The van der Waals surface area contributed by atoms with Crippen molar-refractivity contribution in [1.82, 2.24) is 14.8 Å². The van der Waals surface area contributed by atoms with Crippen molar-refractivity contribution in [2.24, 2.45) is 0 Å². The Balaban J connectivity index is 1.18. The Hall–Kier alpha value is -2.56. The van der Waals surface area contributed by atoms with Crippen molar-refractivity contribution in [3.63, 3.8) is 0 Å². The van der Waals surface area contributed by atoms with Crippen molar-refractivity contribution in [2.75, 3.05) is 0 Å². The Bertz CT molecular complexity index is 889.